The third-order valence-electron chi connectivity index (χ3n) is 1.83. The van der Waals surface area contributed by atoms with Crippen molar-refractivity contribution in [3.05, 3.63) is 47.0 Å². The summed E-state index contributed by atoms with van der Waals surface area (Å²) in [5.74, 6) is 0. The van der Waals surface area contributed by atoms with Gasteiger partial charge in [-0.3, -0.25) is 0 Å². The lowest BCUT2D eigenvalue weighted by Gasteiger charge is -1.99. The maximum absolute atomic E-state index is 11.0. The average molecular weight is 161 g/mol. The van der Waals surface area contributed by atoms with E-state index in [1.165, 1.54) is 6.20 Å². The van der Waals surface area contributed by atoms with Gasteiger partial charge in [0, 0.05) is 0 Å². The monoisotopic (exact) mass is 161 g/mol. The van der Waals surface area contributed by atoms with Crippen LogP contribution in [0.3, 0.4) is 0 Å². The summed E-state index contributed by atoms with van der Waals surface area (Å²) < 4.78 is 0. The van der Waals surface area contributed by atoms with E-state index in [0.717, 1.165) is 17.7 Å². The van der Waals surface area contributed by atoms with Crippen molar-refractivity contribution in [3.63, 3.8) is 0 Å². The van der Waals surface area contributed by atoms with Crippen molar-refractivity contribution < 1.29 is 4.87 Å². The fourth-order valence-corrected chi connectivity index (χ4v) is 1.24. The van der Waals surface area contributed by atoms with Gasteiger partial charge in [0.15, 0.2) is 4.87 Å². The summed E-state index contributed by atoms with van der Waals surface area (Å²) in [4.78, 5) is 11.7. The maximum atomic E-state index is 11.0. The molecule has 1 aliphatic heterocycles. The fraction of sp³-hybridized carbons (Fsp3) is 0.111. The topological polar surface area (TPSA) is 32.1 Å². The Morgan fingerprint density at radius 2 is 2.17 bits per heavy atom. The molecule has 1 aromatic carbocycles. The summed E-state index contributed by atoms with van der Waals surface area (Å²) in [6, 6.07) is 7.78. The molecule has 0 aliphatic carbocycles. The van der Waals surface area contributed by atoms with Crippen LogP contribution >= 0.6 is 0 Å². The number of hydrazine groups is 1. The molecule has 60 valence electrons. The van der Waals surface area contributed by atoms with Crippen LogP contribution in [0.15, 0.2) is 36.5 Å². The lowest BCUT2D eigenvalue weighted by atomic mass is 10.1. The van der Waals surface area contributed by atoms with Gasteiger partial charge in [0.05, 0.1) is 4.91 Å². The summed E-state index contributed by atoms with van der Waals surface area (Å²) >= 11 is 0. The van der Waals surface area contributed by atoms with Crippen molar-refractivity contribution in [1.82, 2.24) is 0 Å². The summed E-state index contributed by atoms with van der Waals surface area (Å²) in [7, 11) is 0. The number of rotatable bonds is 0. The van der Waals surface area contributed by atoms with E-state index in [9.17, 15) is 4.91 Å². The van der Waals surface area contributed by atoms with Crippen LogP contribution in [-0.4, -0.2) is 4.87 Å². The molecule has 3 heteroatoms. The quantitative estimate of drug-likeness (QED) is 0.589. The Morgan fingerprint density at radius 3 is 3.08 bits per heavy atom. The molecule has 1 heterocycles. The lowest BCUT2D eigenvalue weighted by Crippen LogP contribution is -2.08. The van der Waals surface area contributed by atoms with Crippen molar-refractivity contribution in [2.24, 2.45) is 0 Å². The molecule has 0 atom stereocenters. The Bertz CT molecular complexity index is 344. The zero-order valence-electron chi connectivity index (χ0n) is 6.53. The van der Waals surface area contributed by atoms with E-state index < -0.39 is 0 Å². The highest BCUT2D eigenvalue weighted by Crippen LogP contribution is 2.17. The number of nitrogens with one attached hydrogen (secondary N) is 1. The van der Waals surface area contributed by atoms with E-state index in [0.29, 0.717) is 4.87 Å². The molecule has 0 saturated carbocycles. The molecule has 2 rings (SSSR count). The first-order chi connectivity index (χ1) is 5.86. The van der Waals surface area contributed by atoms with Gasteiger partial charge in [0.1, 0.15) is 5.69 Å². The van der Waals surface area contributed by atoms with E-state index in [-0.39, 0.29) is 0 Å². The van der Waals surface area contributed by atoms with Gasteiger partial charge in [-0.2, -0.15) is 0 Å². The molecule has 0 fully saturated rings. The van der Waals surface area contributed by atoms with Gasteiger partial charge >= 0.3 is 0 Å². The minimum absolute atomic E-state index is 0.714. The van der Waals surface area contributed by atoms with Crippen LogP contribution in [0.5, 0.6) is 0 Å². The molecular weight excluding hydrogens is 152 g/mol. The van der Waals surface area contributed by atoms with E-state index in [1.54, 1.807) is 0 Å². The second-order valence-corrected chi connectivity index (χ2v) is 2.68. The van der Waals surface area contributed by atoms with Crippen LogP contribution in [0.25, 0.3) is 0 Å². The first-order valence-electron chi connectivity index (χ1n) is 3.84. The molecular formula is C9H9N2O+. The zero-order valence-corrected chi connectivity index (χ0v) is 6.53. The van der Waals surface area contributed by atoms with Crippen LogP contribution in [-0.2, 0) is 6.42 Å². The highest BCUT2D eigenvalue weighted by molar-refractivity contribution is 5.50. The van der Waals surface area contributed by atoms with Crippen molar-refractivity contribution >= 4 is 5.69 Å². The minimum atomic E-state index is 0.714. The number of nitrogens with zero attached hydrogens (tertiary/aromatic N) is 1. The minimum Gasteiger partial charge on any atom is -0.115 e. The Kier molecular flexibility index (Phi) is 1.63. The lowest BCUT2D eigenvalue weighted by molar-refractivity contribution is -0.444. The van der Waals surface area contributed by atoms with Crippen LogP contribution in [0.4, 0.5) is 5.69 Å². The van der Waals surface area contributed by atoms with Gasteiger partial charge in [-0.1, -0.05) is 18.2 Å². The van der Waals surface area contributed by atoms with E-state index in [2.05, 4.69) is 5.43 Å². The molecule has 0 aromatic heterocycles. The van der Waals surface area contributed by atoms with Crippen molar-refractivity contribution in [3.8, 4) is 0 Å². The van der Waals surface area contributed by atoms with Crippen molar-refractivity contribution in [1.29, 1.82) is 0 Å². The number of hydrogen-bond donors (Lipinski definition) is 1. The first-order valence-corrected chi connectivity index (χ1v) is 3.84. The molecule has 0 unspecified atom stereocenters. The van der Waals surface area contributed by atoms with E-state index in [4.69, 9.17) is 0 Å². The number of benzene rings is 1. The van der Waals surface area contributed by atoms with Crippen molar-refractivity contribution in [2.75, 3.05) is 5.43 Å². The van der Waals surface area contributed by atoms with Gasteiger partial charge in [0.2, 0.25) is 0 Å². The fourth-order valence-electron chi connectivity index (χ4n) is 1.24. The molecule has 0 bridgehead atoms. The zero-order chi connectivity index (χ0) is 8.39. The van der Waals surface area contributed by atoms with E-state index in [1.807, 2.05) is 30.3 Å². The number of anilines is 1. The van der Waals surface area contributed by atoms with Gasteiger partial charge in [0.25, 0.3) is 6.20 Å². The number of allylic oxidation sites excluding steroid dienone is 1. The third kappa shape index (κ3) is 1.21. The standard InChI is InChI=1S/C9H9N2O/c12-11-7-3-5-8-4-1-2-6-9(8)10-11/h1-4,6-7H,5H2,(H,10,12)/q+1. The maximum Gasteiger partial charge on any atom is 0.253 e. The molecule has 0 spiro atoms. The van der Waals surface area contributed by atoms with Crippen LogP contribution in [0.2, 0.25) is 0 Å². The van der Waals surface area contributed by atoms with Gasteiger partial charge < -0.3 is 0 Å². The first kappa shape index (κ1) is 7.03. The van der Waals surface area contributed by atoms with Gasteiger partial charge in [-0.05, 0) is 24.1 Å². The highest BCUT2D eigenvalue weighted by atomic mass is 16.3. The normalized spacial score (nSPS) is 14.8. The Balaban J connectivity index is 2.44. The van der Waals surface area contributed by atoms with Gasteiger partial charge in [-0.25, -0.2) is 0 Å². The number of fused-ring (bicyclic) bond motifs is 1. The molecule has 0 saturated heterocycles. The van der Waals surface area contributed by atoms with Crippen LogP contribution in [0, 0.1) is 4.91 Å². The molecule has 3 nitrogen and oxygen atoms in total. The molecule has 0 radical (unpaired) electrons. The highest BCUT2D eigenvalue weighted by Gasteiger charge is 2.11. The summed E-state index contributed by atoms with van der Waals surface area (Å²) in [5.41, 5.74) is 4.75. The molecule has 0 amide bonds. The van der Waals surface area contributed by atoms with E-state index >= 15 is 0 Å². The predicted octanol–water partition coefficient (Wildman–Crippen LogP) is 1.86. The summed E-state index contributed by atoms with van der Waals surface area (Å²) in [6.07, 6.45) is 4.13. The Morgan fingerprint density at radius 1 is 1.33 bits per heavy atom. The third-order valence-corrected chi connectivity index (χ3v) is 1.83. The predicted molar refractivity (Wildman–Crippen MR) is 46.5 cm³/mol. The molecule has 1 N–H and O–H groups in total. The van der Waals surface area contributed by atoms with Crippen LogP contribution in [0.1, 0.15) is 5.56 Å². The summed E-state index contributed by atoms with van der Waals surface area (Å²) in [5, 5.41) is 0. The molecule has 1 aliphatic rings. The number of nitroso groups, excluding NO2 is 1. The second-order valence-electron chi connectivity index (χ2n) is 2.68. The number of hydrogen-bond acceptors (Lipinski definition) is 1. The average Bonchev–Trinajstić information content (AvgIpc) is 2.25. The Hall–Kier alpha value is -1.64. The molecule has 12 heavy (non-hydrogen) atoms. The summed E-state index contributed by atoms with van der Waals surface area (Å²) in [6.45, 7) is 0. The van der Waals surface area contributed by atoms with Crippen molar-refractivity contribution in [2.45, 2.75) is 6.42 Å². The Labute approximate surface area is 70.3 Å². The smallest absolute Gasteiger partial charge is 0.115 e. The SMILES string of the molecule is O=[N+]1C=CCc2ccccc2N1. The number of para-hydroxylation sites is 1. The van der Waals surface area contributed by atoms with Gasteiger partial charge in [-0.15, -0.1) is 5.43 Å². The molecule has 1 aromatic rings. The largest absolute Gasteiger partial charge is 0.253 e. The second kappa shape index (κ2) is 2.77. The van der Waals surface area contributed by atoms with Crippen LogP contribution < -0.4 is 5.43 Å².